The zero-order valence-corrected chi connectivity index (χ0v) is 10.1. The number of nitrogens with one attached hydrogen (secondary N) is 1. The number of rotatable bonds is 5. The van der Waals surface area contributed by atoms with Gasteiger partial charge in [-0.25, -0.2) is 10.8 Å². The second-order valence-electron chi connectivity index (χ2n) is 3.70. The van der Waals surface area contributed by atoms with E-state index in [0.717, 1.165) is 13.3 Å². The predicted octanol–water partition coefficient (Wildman–Crippen LogP) is 2.04. The van der Waals surface area contributed by atoms with Crippen LogP contribution in [0.1, 0.15) is 26.1 Å². The van der Waals surface area contributed by atoms with Gasteiger partial charge in [-0.15, -0.1) is 0 Å². The second-order valence-corrected chi connectivity index (χ2v) is 3.70. The fraction of sp³-hybridized carbons (Fsp3) is 0.600. The van der Waals surface area contributed by atoms with Gasteiger partial charge in [0.25, 0.3) is 0 Å². The maximum Gasteiger partial charge on any atom is 0.425 e. The van der Waals surface area contributed by atoms with Crippen LogP contribution in [0, 0.1) is 0 Å². The van der Waals surface area contributed by atoms with Crippen LogP contribution in [-0.2, 0) is 6.42 Å². The molecule has 1 aromatic rings. The summed E-state index contributed by atoms with van der Waals surface area (Å²) in [7, 11) is 0. The molecule has 8 heteroatoms. The molecular formula is C10H15F3N4O. The van der Waals surface area contributed by atoms with Crippen molar-refractivity contribution >= 4 is 5.82 Å². The number of hydrogen-bond donors (Lipinski definition) is 2. The lowest BCUT2D eigenvalue weighted by molar-refractivity contribution is -0.190. The van der Waals surface area contributed by atoms with E-state index in [-0.39, 0.29) is 11.7 Å². The molecule has 1 atom stereocenters. The Bertz CT molecular complexity index is 397. The van der Waals surface area contributed by atoms with Crippen LogP contribution in [0.15, 0.2) is 6.07 Å². The summed E-state index contributed by atoms with van der Waals surface area (Å²) < 4.78 is 41.8. The maximum atomic E-state index is 12.4. The smallest absolute Gasteiger partial charge is 0.425 e. The number of aromatic nitrogens is 2. The molecule has 0 spiro atoms. The first kappa shape index (κ1) is 14.5. The molecular weight excluding hydrogens is 249 g/mol. The van der Waals surface area contributed by atoms with Crippen molar-refractivity contribution in [2.24, 2.45) is 5.84 Å². The number of ether oxygens (including phenoxy) is 1. The third kappa shape index (κ3) is 4.02. The normalized spacial score (nSPS) is 13.2. The molecule has 0 bridgehead atoms. The Kier molecular flexibility index (Phi) is 4.71. The predicted molar refractivity (Wildman–Crippen MR) is 60.0 cm³/mol. The lowest BCUT2D eigenvalue weighted by atomic mass is 10.3. The highest BCUT2D eigenvalue weighted by atomic mass is 19.4. The molecule has 1 rings (SSSR count). The van der Waals surface area contributed by atoms with E-state index in [9.17, 15) is 13.2 Å². The van der Waals surface area contributed by atoms with E-state index < -0.39 is 12.3 Å². The molecule has 0 radical (unpaired) electrons. The van der Waals surface area contributed by atoms with Crippen molar-refractivity contribution in [2.75, 3.05) is 5.43 Å². The molecule has 1 unspecified atom stereocenters. The number of hydrogen-bond acceptors (Lipinski definition) is 5. The number of halogens is 3. The standard InChI is InChI=1S/C10H15F3N4O/c1-3-4-7-15-8(17-14)5-9(16-7)18-6(2)10(11,12)13/h5-6H,3-4,14H2,1-2H3,(H,15,16,17). The molecule has 0 saturated carbocycles. The van der Waals surface area contributed by atoms with E-state index >= 15 is 0 Å². The first-order valence-corrected chi connectivity index (χ1v) is 5.44. The van der Waals surface area contributed by atoms with Gasteiger partial charge in [-0.3, -0.25) is 0 Å². The average molecular weight is 264 g/mol. The first-order chi connectivity index (χ1) is 8.36. The molecule has 0 aliphatic rings. The largest absolute Gasteiger partial charge is 0.465 e. The summed E-state index contributed by atoms with van der Waals surface area (Å²) in [5.41, 5.74) is 2.27. The molecule has 0 aromatic carbocycles. The van der Waals surface area contributed by atoms with Crippen LogP contribution in [-0.4, -0.2) is 22.2 Å². The van der Waals surface area contributed by atoms with Crippen LogP contribution in [0.5, 0.6) is 5.88 Å². The Balaban J connectivity index is 2.90. The summed E-state index contributed by atoms with van der Waals surface area (Å²) in [4.78, 5) is 7.90. The summed E-state index contributed by atoms with van der Waals surface area (Å²) in [6.45, 7) is 2.82. The quantitative estimate of drug-likeness (QED) is 0.629. The zero-order valence-electron chi connectivity index (χ0n) is 10.1. The number of nitrogens with two attached hydrogens (primary N) is 1. The van der Waals surface area contributed by atoms with Gasteiger partial charge in [-0.1, -0.05) is 6.92 Å². The molecule has 0 saturated heterocycles. The Labute approximate surface area is 103 Å². The molecule has 3 N–H and O–H groups in total. The van der Waals surface area contributed by atoms with Gasteiger partial charge < -0.3 is 10.2 Å². The van der Waals surface area contributed by atoms with Gasteiger partial charge >= 0.3 is 6.18 Å². The number of nitrogen functional groups attached to an aromatic ring is 1. The van der Waals surface area contributed by atoms with Crippen LogP contribution in [0.4, 0.5) is 19.0 Å². The van der Waals surface area contributed by atoms with Crippen molar-refractivity contribution in [1.29, 1.82) is 0 Å². The number of anilines is 1. The van der Waals surface area contributed by atoms with E-state index in [4.69, 9.17) is 10.6 Å². The number of alkyl halides is 3. The molecule has 0 fully saturated rings. The monoisotopic (exact) mass is 264 g/mol. The van der Waals surface area contributed by atoms with Crippen molar-refractivity contribution in [3.8, 4) is 5.88 Å². The van der Waals surface area contributed by atoms with E-state index in [2.05, 4.69) is 15.4 Å². The van der Waals surface area contributed by atoms with Crippen LogP contribution >= 0.6 is 0 Å². The number of hydrazine groups is 1. The van der Waals surface area contributed by atoms with E-state index in [1.54, 1.807) is 0 Å². The first-order valence-electron chi connectivity index (χ1n) is 5.44. The van der Waals surface area contributed by atoms with Crippen LogP contribution in [0.3, 0.4) is 0 Å². The fourth-order valence-corrected chi connectivity index (χ4v) is 1.19. The maximum absolute atomic E-state index is 12.4. The average Bonchev–Trinajstić information content (AvgIpc) is 2.27. The van der Waals surface area contributed by atoms with Crippen LogP contribution in [0.25, 0.3) is 0 Å². The Morgan fingerprint density at radius 2 is 2.11 bits per heavy atom. The van der Waals surface area contributed by atoms with Crippen LogP contribution < -0.4 is 16.0 Å². The minimum absolute atomic E-state index is 0.147. The van der Waals surface area contributed by atoms with Crippen molar-refractivity contribution in [3.05, 3.63) is 11.9 Å². The molecule has 0 aliphatic heterocycles. The van der Waals surface area contributed by atoms with Crippen LogP contribution in [0.2, 0.25) is 0 Å². The van der Waals surface area contributed by atoms with Gasteiger partial charge in [0.15, 0.2) is 6.10 Å². The zero-order chi connectivity index (χ0) is 13.8. The summed E-state index contributed by atoms with van der Waals surface area (Å²) in [5.74, 6) is 5.64. The highest BCUT2D eigenvalue weighted by Crippen LogP contribution is 2.24. The Morgan fingerprint density at radius 3 is 2.61 bits per heavy atom. The van der Waals surface area contributed by atoms with Gasteiger partial charge in [-0.2, -0.15) is 18.2 Å². The molecule has 1 aromatic heterocycles. The SMILES string of the molecule is CCCc1nc(NN)cc(OC(C)C(F)(F)F)n1. The van der Waals surface area contributed by atoms with E-state index in [1.165, 1.54) is 6.07 Å². The molecule has 1 heterocycles. The lowest BCUT2D eigenvalue weighted by Gasteiger charge is -2.17. The molecule has 5 nitrogen and oxygen atoms in total. The number of nitrogens with zero attached hydrogens (tertiary/aromatic N) is 2. The van der Waals surface area contributed by atoms with Crippen molar-refractivity contribution in [2.45, 2.75) is 39.0 Å². The molecule has 18 heavy (non-hydrogen) atoms. The summed E-state index contributed by atoms with van der Waals surface area (Å²) in [6, 6.07) is 1.22. The third-order valence-corrected chi connectivity index (χ3v) is 2.13. The van der Waals surface area contributed by atoms with E-state index in [1.807, 2.05) is 6.92 Å². The molecule has 0 aliphatic carbocycles. The highest BCUT2D eigenvalue weighted by Gasteiger charge is 2.38. The van der Waals surface area contributed by atoms with Gasteiger partial charge in [0.2, 0.25) is 5.88 Å². The minimum Gasteiger partial charge on any atom is -0.465 e. The van der Waals surface area contributed by atoms with Crippen molar-refractivity contribution in [1.82, 2.24) is 9.97 Å². The Morgan fingerprint density at radius 1 is 1.44 bits per heavy atom. The molecule has 102 valence electrons. The summed E-state index contributed by atoms with van der Waals surface area (Å²) in [5, 5.41) is 0. The highest BCUT2D eigenvalue weighted by molar-refractivity contribution is 5.37. The van der Waals surface area contributed by atoms with Gasteiger partial charge in [0.1, 0.15) is 11.6 Å². The van der Waals surface area contributed by atoms with Gasteiger partial charge in [0, 0.05) is 12.5 Å². The van der Waals surface area contributed by atoms with Crippen molar-refractivity contribution < 1.29 is 17.9 Å². The second kappa shape index (κ2) is 5.85. The fourth-order valence-electron chi connectivity index (χ4n) is 1.19. The summed E-state index contributed by atoms with van der Waals surface area (Å²) >= 11 is 0. The van der Waals surface area contributed by atoms with E-state index in [0.29, 0.717) is 12.2 Å². The molecule has 0 amide bonds. The van der Waals surface area contributed by atoms with Gasteiger partial charge in [0.05, 0.1) is 0 Å². The third-order valence-electron chi connectivity index (χ3n) is 2.13. The van der Waals surface area contributed by atoms with Gasteiger partial charge in [-0.05, 0) is 13.3 Å². The Hall–Kier alpha value is -1.57. The van der Waals surface area contributed by atoms with Crippen molar-refractivity contribution in [3.63, 3.8) is 0 Å². The topological polar surface area (TPSA) is 73.1 Å². The minimum atomic E-state index is -4.44. The number of aryl methyl sites for hydroxylation is 1. The summed E-state index contributed by atoms with van der Waals surface area (Å²) in [6.07, 6.45) is -5.08. The lowest BCUT2D eigenvalue weighted by Crippen LogP contribution is -2.31.